The Morgan fingerprint density at radius 1 is 1.37 bits per heavy atom. The molecule has 19 heavy (non-hydrogen) atoms. The Labute approximate surface area is 117 Å². The molecule has 1 unspecified atom stereocenters. The minimum atomic E-state index is 0.00236. The van der Waals surface area contributed by atoms with Crippen LogP contribution in [0.3, 0.4) is 0 Å². The summed E-state index contributed by atoms with van der Waals surface area (Å²) in [7, 11) is 0. The number of piperazine rings is 1. The number of nitrogen functional groups attached to an aromatic ring is 1. The van der Waals surface area contributed by atoms with Crippen LogP contribution in [0.1, 0.15) is 23.2 Å². The first kappa shape index (κ1) is 12.7. The van der Waals surface area contributed by atoms with E-state index in [1.807, 2.05) is 4.90 Å². The lowest BCUT2D eigenvalue weighted by Crippen LogP contribution is -2.52. The van der Waals surface area contributed by atoms with Crippen LogP contribution in [-0.2, 0) is 0 Å². The van der Waals surface area contributed by atoms with Gasteiger partial charge in [0.15, 0.2) is 0 Å². The number of nitrogens with zero attached hydrogens (tertiary/aromatic N) is 3. The number of hydrogen-bond acceptors (Lipinski definition) is 4. The maximum atomic E-state index is 12.5. The lowest BCUT2D eigenvalue weighted by molar-refractivity contribution is 0.0571. The number of rotatable bonds is 1. The fourth-order valence-electron chi connectivity index (χ4n) is 3.00. The minimum absolute atomic E-state index is 0.00236. The second-order valence-corrected chi connectivity index (χ2v) is 5.57. The highest BCUT2D eigenvalue weighted by Crippen LogP contribution is 2.23. The van der Waals surface area contributed by atoms with Gasteiger partial charge in [0, 0.05) is 31.2 Å². The van der Waals surface area contributed by atoms with Gasteiger partial charge in [-0.05, 0) is 31.5 Å². The molecule has 1 aromatic rings. The van der Waals surface area contributed by atoms with E-state index in [2.05, 4.69) is 9.88 Å². The van der Waals surface area contributed by atoms with Crippen LogP contribution in [0.5, 0.6) is 0 Å². The van der Waals surface area contributed by atoms with Gasteiger partial charge in [-0.1, -0.05) is 11.6 Å². The molecule has 0 aromatic carbocycles. The van der Waals surface area contributed by atoms with Gasteiger partial charge in [0.2, 0.25) is 0 Å². The lowest BCUT2D eigenvalue weighted by atomic mass is 10.1. The second-order valence-electron chi connectivity index (χ2n) is 5.19. The summed E-state index contributed by atoms with van der Waals surface area (Å²) in [4.78, 5) is 20.7. The summed E-state index contributed by atoms with van der Waals surface area (Å²) in [6.07, 6.45) is 2.42. The van der Waals surface area contributed by atoms with E-state index in [4.69, 9.17) is 17.3 Å². The molecule has 2 aliphatic heterocycles. The average Bonchev–Trinajstić information content (AvgIpc) is 2.83. The fourth-order valence-corrected chi connectivity index (χ4v) is 3.21. The van der Waals surface area contributed by atoms with E-state index in [9.17, 15) is 4.79 Å². The predicted octanol–water partition coefficient (Wildman–Crippen LogP) is 1.24. The summed E-state index contributed by atoms with van der Waals surface area (Å²) in [5.74, 6) is 0.290. The Hall–Kier alpha value is -1.33. The number of halogens is 1. The molecular formula is C13H17ClN4O. The third-order valence-corrected chi connectivity index (χ3v) is 4.13. The summed E-state index contributed by atoms with van der Waals surface area (Å²) in [5.41, 5.74) is 6.17. The third-order valence-electron chi connectivity index (χ3n) is 3.94. The second kappa shape index (κ2) is 4.98. The van der Waals surface area contributed by atoms with Gasteiger partial charge >= 0.3 is 0 Å². The Balaban J connectivity index is 1.76. The molecule has 1 aromatic heterocycles. The number of anilines is 1. The molecule has 0 bridgehead atoms. The molecule has 5 nitrogen and oxygen atoms in total. The van der Waals surface area contributed by atoms with Gasteiger partial charge < -0.3 is 10.6 Å². The first-order valence-corrected chi connectivity index (χ1v) is 6.97. The van der Waals surface area contributed by atoms with Crippen molar-refractivity contribution in [2.24, 2.45) is 0 Å². The topological polar surface area (TPSA) is 62.5 Å². The van der Waals surface area contributed by atoms with Crippen LogP contribution in [-0.4, -0.2) is 52.9 Å². The Morgan fingerprint density at radius 2 is 2.21 bits per heavy atom. The first-order chi connectivity index (χ1) is 9.13. The zero-order valence-electron chi connectivity index (χ0n) is 10.7. The van der Waals surface area contributed by atoms with Crippen LogP contribution in [0.2, 0.25) is 5.15 Å². The van der Waals surface area contributed by atoms with Crippen molar-refractivity contribution in [3.05, 3.63) is 22.8 Å². The van der Waals surface area contributed by atoms with E-state index in [-0.39, 0.29) is 16.9 Å². The van der Waals surface area contributed by atoms with E-state index in [1.165, 1.54) is 19.4 Å². The lowest BCUT2D eigenvalue weighted by Gasteiger charge is -2.37. The van der Waals surface area contributed by atoms with Gasteiger partial charge in [-0.3, -0.25) is 9.69 Å². The molecule has 1 atom stereocenters. The number of pyridine rings is 1. The maximum absolute atomic E-state index is 12.5. The van der Waals surface area contributed by atoms with Gasteiger partial charge in [0.05, 0.1) is 0 Å². The monoisotopic (exact) mass is 280 g/mol. The zero-order valence-corrected chi connectivity index (χ0v) is 11.4. The van der Waals surface area contributed by atoms with Crippen molar-refractivity contribution in [3.8, 4) is 0 Å². The maximum Gasteiger partial charge on any atom is 0.254 e. The quantitative estimate of drug-likeness (QED) is 0.786. The Kier molecular flexibility index (Phi) is 3.33. The molecule has 3 rings (SSSR count). The molecule has 102 valence electrons. The molecule has 3 heterocycles. The number of nitrogens with two attached hydrogens (primary N) is 1. The normalized spacial score (nSPS) is 23.4. The number of hydrogen-bond donors (Lipinski definition) is 1. The van der Waals surface area contributed by atoms with Gasteiger partial charge in [-0.15, -0.1) is 0 Å². The van der Waals surface area contributed by atoms with Crippen LogP contribution in [0, 0.1) is 0 Å². The van der Waals surface area contributed by atoms with E-state index in [1.54, 1.807) is 12.1 Å². The standard InChI is InChI=1S/C13H17ClN4O/c14-11-6-9(7-12(15)16-11)13(19)18-5-4-17-3-1-2-10(17)8-18/h6-7,10H,1-5,8H2,(H2,15,16). The summed E-state index contributed by atoms with van der Waals surface area (Å²) >= 11 is 5.85. The Morgan fingerprint density at radius 3 is 3.00 bits per heavy atom. The summed E-state index contributed by atoms with van der Waals surface area (Å²) in [6.45, 7) is 3.71. The van der Waals surface area contributed by atoms with Crippen LogP contribution >= 0.6 is 11.6 Å². The van der Waals surface area contributed by atoms with Crippen molar-refractivity contribution in [1.82, 2.24) is 14.8 Å². The SMILES string of the molecule is Nc1cc(C(=O)N2CCN3CCCC3C2)cc(Cl)n1. The van der Waals surface area contributed by atoms with Gasteiger partial charge in [-0.2, -0.15) is 0 Å². The van der Waals surface area contributed by atoms with E-state index in [0.717, 1.165) is 19.6 Å². The number of aromatic nitrogens is 1. The molecule has 2 fully saturated rings. The van der Waals surface area contributed by atoms with E-state index in [0.29, 0.717) is 11.6 Å². The molecule has 0 saturated carbocycles. The molecule has 0 radical (unpaired) electrons. The first-order valence-electron chi connectivity index (χ1n) is 6.60. The smallest absolute Gasteiger partial charge is 0.254 e. The molecule has 0 spiro atoms. The molecule has 2 saturated heterocycles. The molecular weight excluding hydrogens is 264 g/mol. The van der Waals surface area contributed by atoms with Gasteiger partial charge in [-0.25, -0.2) is 4.98 Å². The van der Waals surface area contributed by atoms with Gasteiger partial charge in [0.1, 0.15) is 11.0 Å². The van der Waals surface area contributed by atoms with Crippen LogP contribution in [0.4, 0.5) is 5.82 Å². The van der Waals surface area contributed by atoms with Gasteiger partial charge in [0.25, 0.3) is 5.91 Å². The van der Waals surface area contributed by atoms with Crippen molar-refractivity contribution in [3.63, 3.8) is 0 Å². The number of amides is 1. The highest BCUT2D eigenvalue weighted by Gasteiger charge is 2.32. The van der Waals surface area contributed by atoms with Crippen molar-refractivity contribution < 1.29 is 4.79 Å². The van der Waals surface area contributed by atoms with Crippen LogP contribution < -0.4 is 5.73 Å². The predicted molar refractivity (Wildman–Crippen MR) is 74.2 cm³/mol. The Bertz CT molecular complexity index is 487. The van der Waals surface area contributed by atoms with Crippen molar-refractivity contribution in [1.29, 1.82) is 0 Å². The molecule has 1 amide bonds. The van der Waals surface area contributed by atoms with E-state index >= 15 is 0 Å². The number of carbonyl (C=O) groups is 1. The fraction of sp³-hybridized carbons (Fsp3) is 0.538. The number of carbonyl (C=O) groups excluding carboxylic acids is 1. The molecule has 2 N–H and O–H groups in total. The third kappa shape index (κ3) is 2.53. The molecule has 0 aliphatic carbocycles. The molecule has 2 aliphatic rings. The average molecular weight is 281 g/mol. The zero-order chi connectivity index (χ0) is 13.4. The van der Waals surface area contributed by atoms with Crippen molar-refractivity contribution >= 4 is 23.3 Å². The highest BCUT2D eigenvalue weighted by molar-refractivity contribution is 6.29. The van der Waals surface area contributed by atoms with E-state index < -0.39 is 0 Å². The summed E-state index contributed by atoms with van der Waals surface area (Å²) < 4.78 is 0. The highest BCUT2D eigenvalue weighted by atomic mass is 35.5. The largest absolute Gasteiger partial charge is 0.384 e. The molecule has 6 heteroatoms. The minimum Gasteiger partial charge on any atom is -0.384 e. The van der Waals surface area contributed by atoms with Crippen molar-refractivity contribution in [2.45, 2.75) is 18.9 Å². The summed E-state index contributed by atoms with van der Waals surface area (Å²) in [6, 6.07) is 3.70. The van der Waals surface area contributed by atoms with Crippen LogP contribution in [0.25, 0.3) is 0 Å². The van der Waals surface area contributed by atoms with Crippen molar-refractivity contribution in [2.75, 3.05) is 31.9 Å². The van der Waals surface area contributed by atoms with Crippen LogP contribution in [0.15, 0.2) is 12.1 Å². The summed E-state index contributed by atoms with van der Waals surface area (Å²) in [5, 5.41) is 0.267. The number of fused-ring (bicyclic) bond motifs is 1.